The van der Waals surface area contributed by atoms with E-state index in [2.05, 4.69) is 12.2 Å². The second kappa shape index (κ2) is 6.01. The molecular weight excluding hydrogens is 162 g/mol. The van der Waals surface area contributed by atoms with Crippen LogP contribution in [0.1, 0.15) is 54.8 Å². The van der Waals surface area contributed by atoms with E-state index < -0.39 is 0 Å². The summed E-state index contributed by atoms with van der Waals surface area (Å²) in [6, 6.07) is 0. The van der Waals surface area contributed by atoms with E-state index in [0.717, 1.165) is 13.0 Å². The first-order valence-electron chi connectivity index (χ1n) is 5.37. The van der Waals surface area contributed by atoms with Gasteiger partial charge in [-0.25, -0.2) is 0 Å². The number of rotatable bonds is 4. The average Bonchev–Trinajstić information content (AvgIpc) is 2.82. The number of hydrogen-bond acceptors (Lipinski definition) is 1. The van der Waals surface area contributed by atoms with Gasteiger partial charge in [-0.05, 0) is 31.1 Å². The van der Waals surface area contributed by atoms with Gasteiger partial charge in [0, 0.05) is 14.9 Å². The third-order valence-corrected chi connectivity index (χ3v) is 2.43. The van der Waals surface area contributed by atoms with E-state index in [1.165, 1.54) is 19.3 Å². The molecule has 0 aromatic carbocycles. The summed E-state index contributed by atoms with van der Waals surface area (Å²) in [5, 5.41) is 2.81. The van der Waals surface area contributed by atoms with E-state index in [1.807, 2.05) is 13.8 Å². The summed E-state index contributed by atoms with van der Waals surface area (Å²) in [5.41, 5.74) is 0.637. The third kappa shape index (κ3) is 6.62. The lowest BCUT2D eigenvalue weighted by molar-refractivity contribution is -0.118. The molecule has 0 aromatic rings. The van der Waals surface area contributed by atoms with Gasteiger partial charge in [0.1, 0.15) is 0 Å². The van der Waals surface area contributed by atoms with Crippen molar-refractivity contribution in [1.29, 1.82) is 0 Å². The van der Waals surface area contributed by atoms with Crippen molar-refractivity contribution in [2.75, 3.05) is 6.54 Å². The molecule has 1 aliphatic carbocycles. The van der Waals surface area contributed by atoms with Gasteiger partial charge in [-0.1, -0.05) is 20.8 Å². The molecule has 0 unspecified atom stereocenters. The van der Waals surface area contributed by atoms with Crippen LogP contribution in [0.5, 0.6) is 0 Å². The van der Waals surface area contributed by atoms with Crippen LogP contribution in [0.25, 0.3) is 0 Å². The highest BCUT2D eigenvalue weighted by Crippen LogP contribution is 2.48. The summed E-state index contributed by atoms with van der Waals surface area (Å²) in [6.07, 6.45) is 5.17. The number of nitrogens with one attached hydrogen (secondary N) is 1. The Morgan fingerprint density at radius 1 is 1.46 bits per heavy atom. The second-order valence-corrected chi connectivity index (χ2v) is 3.90. The largest absolute Gasteiger partial charge is 0.356 e. The molecule has 1 aliphatic rings. The van der Waals surface area contributed by atoms with Crippen LogP contribution in [-0.4, -0.2) is 12.5 Å². The van der Waals surface area contributed by atoms with Crippen molar-refractivity contribution >= 4 is 5.91 Å². The van der Waals surface area contributed by atoms with Gasteiger partial charge in [0.25, 0.3) is 0 Å². The Hall–Kier alpha value is -0.530. The number of carbonyl (C=O) groups is 1. The smallest absolute Gasteiger partial charge is 0.216 e. The van der Waals surface area contributed by atoms with Gasteiger partial charge in [0.15, 0.2) is 0 Å². The summed E-state index contributed by atoms with van der Waals surface area (Å²) < 4.78 is 0. The Morgan fingerprint density at radius 3 is 2.38 bits per heavy atom. The van der Waals surface area contributed by atoms with Gasteiger partial charge in [-0.2, -0.15) is 0 Å². The molecule has 0 saturated heterocycles. The van der Waals surface area contributed by atoms with Crippen molar-refractivity contribution < 1.29 is 6.22 Å². The molecule has 1 N–H and O–H groups in total. The molecule has 0 heterocycles. The molecule has 80 valence electrons. The van der Waals surface area contributed by atoms with Gasteiger partial charge in [0.05, 0.1) is 0 Å². The maximum absolute atomic E-state index is 10.5. The molecule has 0 radical (unpaired) electrons. The molecule has 0 aliphatic heterocycles. The molecule has 0 atom stereocenters. The Bertz CT molecular complexity index is 155. The first-order chi connectivity index (χ1) is 6.12. The van der Waals surface area contributed by atoms with Gasteiger partial charge in [-0.3, -0.25) is 4.79 Å². The highest BCUT2D eigenvalue weighted by molar-refractivity contribution is 5.72. The summed E-state index contributed by atoms with van der Waals surface area (Å²) in [5.74, 6) is 0.0888. The highest BCUT2D eigenvalue weighted by atomic mass is 16.1. The van der Waals surface area contributed by atoms with Crippen molar-refractivity contribution in [3.8, 4) is 0 Å². The van der Waals surface area contributed by atoms with Crippen LogP contribution >= 0.6 is 0 Å². The van der Waals surface area contributed by atoms with E-state index in [4.69, 9.17) is 0 Å². The number of amides is 1. The second-order valence-electron chi connectivity index (χ2n) is 3.90. The summed E-state index contributed by atoms with van der Waals surface area (Å²) in [6.45, 7) is 8.74. The Morgan fingerprint density at radius 2 is 2.00 bits per heavy atom. The van der Waals surface area contributed by atoms with Crippen LogP contribution in [0.4, 0.5) is 0 Å². The maximum atomic E-state index is 10.5. The van der Waals surface area contributed by atoms with Crippen molar-refractivity contribution in [3.05, 3.63) is 0 Å². The van der Waals surface area contributed by atoms with Crippen molar-refractivity contribution in [2.45, 2.75) is 53.4 Å². The van der Waals surface area contributed by atoms with E-state index in [0.29, 0.717) is 5.41 Å². The predicted octanol–water partition coefficient (Wildman–Crippen LogP) is 2.98. The van der Waals surface area contributed by atoms with Gasteiger partial charge < -0.3 is 5.32 Å². The molecule has 2 heteroatoms. The van der Waals surface area contributed by atoms with Crippen molar-refractivity contribution in [3.63, 3.8) is 0 Å². The average molecular weight is 187 g/mol. The fourth-order valence-corrected chi connectivity index (χ4v) is 1.24. The van der Waals surface area contributed by atoms with Gasteiger partial charge in [-0.15, -0.1) is 0 Å². The van der Waals surface area contributed by atoms with Crippen LogP contribution in [0.15, 0.2) is 0 Å². The minimum atomic E-state index is 0. The molecule has 1 amide bonds. The molecule has 1 saturated carbocycles. The molecule has 13 heavy (non-hydrogen) atoms. The minimum absolute atomic E-state index is 0. The monoisotopic (exact) mass is 187 g/mol. The number of carbonyl (C=O) groups excluding carboxylic acids is 1. The normalized spacial score (nSPS) is 16.9. The topological polar surface area (TPSA) is 29.1 Å². The summed E-state index contributed by atoms with van der Waals surface area (Å²) >= 11 is 0. The predicted molar refractivity (Wildman–Crippen MR) is 58.7 cm³/mol. The standard InChI is InChI=1S/C9H17NO.C2H6.H2/c1-8(11)10-7-3-4-9(2)5-6-9;1-2;/h3-7H2,1-2H3,(H,10,11);1-2H3;1H. The van der Waals surface area contributed by atoms with E-state index >= 15 is 0 Å². The van der Waals surface area contributed by atoms with Crippen LogP contribution in [0.2, 0.25) is 0 Å². The molecule has 1 fully saturated rings. The Kier molecular flexibility index (Phi) is 5.76. The molecule has 2 nitrogen and oxygen atoms in total. The fourth-order valence-electron chi connectivity index (χ4n) is 1.24. The molecule has 0 bridgehead atoms. The maximum Gasteiger partial charge on any atom is 0.216 e. The highest BCUT2D eigenvalue weighted by Gasteiger charge is 2.35. The molecular formula is C11H25NO. The summed E-state index contributed by atoms with van der Waals surface area (Å²) in [4.78, 5) is 10.5. The zero-order valence-corrected chi connectivity index (χ0v) is 9.44. The lowest BCUT2D eigenvalue weighted by Gasteiger charge is -2.06. The quantitative estimate of drug-likeness (QED) is 0.674. The first kappa shape index (κ1) is 12.5. The zero-order chi connectivity index (χ0) is 10.3. The van der Waals surface area contributed by atoms with Gasteiger partial charge >= 0.3 is 0 Å². The van der Waals surface area contributed by atoms with E-state index in [9.17, 15) is 4.79 Å². The van der Waals surface area contributed by atoms with Crippen LogP contribution < -0.4 is 5.32 Å². The van der Waals surface area contributed by atoms with Crippen LogP contribution in [0.3, 0.4) is 0 Å². The van der Waals surface area contributed by atoms with E-state index in [-0.39, 0.29) is 7.33 Å². The minimum Gasteiger partial charge on any atom is -0.356 e. The summed E-state index contributed by atoms with van der Waals surface area (Å²) in [7, 11) is 0. The lowest BCUT2D eigenvalue weighted by Crippen LogP contribution is -2.21. The molecule has 0 spiro atoms. The molecule has 1 rings (SSSR count). The third-order valence-electron chi connectivity index (χ3n) is 2.43. The number of hydrogen-bond donors (Lipinski definition) is 1. The molecule has 0 aromatic heterocycles. The fraction of sp³-hybridized carbons (Fsp3) is 0.909. The van der Waals surface area contributed by atoms with Crippen LogP contribution in [0, 0.1) is 5.41 Å². The Balaban J connectivity index is 0. The first-order valence-corrected chi connectivity index (χ1v) is 5.37. The van der Waals surface area contributed by atoms with Crippen molar-refractivity contribution in [1.82, 2.24) is 5.32 Å². The SMILES string of the molecule is CC.CC(=O)NCCCC1(C)CC1.[HH]. The lowest BCUT2D eigenvalue weighted by atomic mass is 10.0. The van der Waals surface area contributed by atoms with Crippen molar-refractivity contribution in [2.24, 2.45) is 5.41 Å². The zero-order valence-electron chi connectivity index (χ0n) is 9.44. The van der Waals surface area contributed by atoms with Gasteiger partial charge in [0.2, 0.25) is 5.91 Å². The Labute approximate surface area is 83.6 Å². The van der Waals surface area contributed by atoms with E-state index in [1.54, 1.807) is 6.92 Å². The van der Waals surface area contributed by atoms with Crippen LogP contribution in [-0.2, 0) is 4.79 Å².